The largest absolute Gasteiger partial charge is 0.483 e. The van der Waals surface area contributed by atoms with Gasteiger partial charge < -0.3 is 89.9 Å². The molecule has 2 saturated heterocycles. The highest BCUT2D eigenvalue weighted by Crippen LogP contribution is 2.61. The number of ether oxygens (including phenoxy) is 6. The summed E-state index contributed by atoms with van der Waals surface area (Å²) in [4.78, 5) is 113. The number of esters is 3. The van der Waals surface area contributed by atoms with E-state index < -0.39 is 165 Å². The molecule has 30 nitrogen and oxygen atoms in total. The zero-order chi connectivity index (χ0) is 82.1. The molecule has 2 aliphatic heterocycles. The van der Waals surface area contributed by atoms with Crippen molar-refractivity contribution in [3.05, 3.63) is 19.3 Å². The number of amides is 2. The third-order valence-electron chi connectivity index (χ3n) is 19.8. The van der Waals surface area contributed by atoms with Crippen molar-refractivity contribution < 1.29 is 129 Å². The maximum absolute atomic E-state index is 14.7. The lowest BCUT2D eigenvalue weighted by Crippen LogP contribution is -2.68. The first-order valence-electron chi connectivity index (χ1n) is 42.3. The van der Waals surface area contributed by atoms with Gasteiger partial charge in [-0.2, -0.15) is 4.31 Å². The number of rotatable bonds is 72. The lowest BCUT2D eigenvalue weighted by atomic mass is 9.95. The Bertz CT molecular complexity index is 2570. The van der Waals surface area contributed by atoms with Gasteiger partial charge in [-0.25, -0.2) is 13.7 Å². The number of nitrogens with two attached hydrogens (primary N) is 1. The Kier molecular flexibility index (Phi) is 59.7. The van der Waals surface area contributed by atoms with Crippen LogP contribution in [-0.4, -0.2) is 187 Å². The Morgan fingerprint density at radius 1 is 0.468 bits per heavy atom. The summed E-state index contributed by atoms with van der Waals surface area (Å²) in [7, 11) is -17.3. The molecular weight excluding hydrogens is 1500 g/mol. The van der Waals surface area contributed by atoms with E-state index in [-0.39, 0.29) is 38.6 Å². The van der Waals surface area contributed by atoms with E-state index in [4.69, 9.17) is 47.7 Å². The molecule has 0 bridgehead atoms. The Labute approximate surface area is 663 Å². The average Bonchev–Trinajstić information content (AvgIpc) is 0.780. The van der Waals surface area contributed by atoms with Crippen LogP contribution in [0.2, 0.25) is 0 Å². The molecule has 111 heavy (non-hydrogen) atoms. The summed E-state index contributed by atoms with van der Waals surface area (Å²) in [6, 6.07) is -4.14. The number of nitrogens with one attached hydrogen (secondary N) is 2. The van der Waals surface area contributed by atoms with Gasteiger partial charge in [-0.15, -0.1) is 0 Å². The number of hydrogen-bond donors (Lipinski definition) is 12. The third kappa shape index (κ3) is 51.3. The molecule has 2 fully saturated rings. The molecular formula is C78H147N3O27P3. The van der Waals surface area contributed by atoms with E-state index in [0.717, 1.165) is 238 Å². The summed E-state index contributed by atoms with van der Waals surface area (Å²) in [5.41, 5.74) is 5.47. The van der Waals surface area contributed by atoms with Crippen molar-refractivity contribution in [2.75, 3.05) is 26.4 Å². The van der Waals surface area contributed by atoms with Gasteiger partial charge in [0.2, 0.25) is 11.8 Å². The number of hydrogen-bond acceptors (Lipinski definition) is 24. The van der Waals surface area contributed by atoms with E-state index in [2.05, 4.69) is 49.6 Å². The number of unbranched alkanes of at least 4 members (excludes halogenated alkanes) is 36. The predicted octanol–water partition coefficient (Wildman–Crippen LogP) is 13.3. The minimum atomic E-state index is -6.05. The summed E-state index contributed by atoms with van der Waals surface area (Å²) in [5.74, 6) is -5.27. The molecule has 16 atom stereocenters. The van der Waals surface area contributed by atoms with Crippen LogP contribution in [-0.2, 0) is 84.0 Å². The van der Waals surface area contributed by atoms with Crippen molar-refractivity contribution in [1.29, 1.82) is 0 Å². The van der Waals surface area contributed by atoms with Gasteiger partial charge in [0.15, 0.2) is 24.8 Å². The van der Waals surface area contributed by atoms with Crippen LogP contribution >= 0.6 is 23.5 Å². The van der Waals surface area contributed by atoms with Gasteiger partial charge >= 0.3 is 41.4 Å². The van der Waals surface area contributed by atoms with Crippen LogP contribution in [0.15, 0.2) is 0 Å². The van der Waals surface area contributed by atoms with E-state index in [1.54, 1.807) is 0 Å². The molecule has 651 valence electrons. The summed E-state index contributed by atoms with van der Waals surface area (Å²) in [6.45, 7) is 7.29. The number of aliphatic hydroxyl groups is 5. The fraction of sp³-hybridized carbons (Fsp3) is 0.897. The molecule has 16 unspecified atom stereocenters. The minimum absolute atomic E-state index is 0.0380. The van der Waals surface area contributed by atoms with E-state index in [1.165, 1.54) is 6.42 Å². The van der Waals surface area contributed by atoms with Crippen LogP contribution in [0.1, 0.15) is 336 Å². The van der Waals surface area contributed by atoms with Crippen molar-refractivity contribution in [1.82, 2.24) is 10.6 Å². The Hall–Kier alpha value is -2.64. The first-order valence-corrected chi connectivity index (χ1v) is 46.8. The topological polar surface area (TPSA) is 461 Å². The molecule has 0 aromatic heterocycles. The molecule has 2 heterocycles. The lowest BCUT2D eigenvalue weighted by Gasteiger charge is -2.47. The fourth-order valence-corrected chi connectivity index (χ4v) is 16.3. The van der Waals surface area contributed by atoms with E-state index in [0.29, 0.717) is 38.5 Å². The smallest absolute Gasteiger partial charge is 0.461 e. The number of carbonyl (C=O) groups excluding carboxylic acids is 5. The number of phosphoric ester groups is 3. The van der Waals surface area contributed by atoms with Gasteiger partial charge in [-0.3, -0.25) is 37.5 Å². The number of phosphoric acid groups is 3. The van der Waals surface area contributed by atoms with Crippen molar-refractivity contribution in [2.24, 2.45) is 5.73 Å². The highest BCUT2D eigenvalue weighted by atomic mass is 31.3. The summed E-state index contributed by atoms with van der Waals surface area (Å²) in [6.07, 6.45) is 18.2. The summed E-state index contributed by atoms with van der Waals surface area (Å²) in [5, 5.41) is 62.0. The molecule has 13 N–H and O–H groups in total. The molecule has 0 aliphatic carbocycles. The zero-order valence-corrected chi connectivity index (χ0v) is 70.4. The van der Waals surface area contributed by atoms with Crippen LogP contribution in [0.4, 0.5) is 0 Å². The molecule has 33 heteroatoms. The van der Waals surface area contributed by atoms with E-state index in [9.17, 15) is 82.8 Å². The van der Waals surface area contributed by atoms with Crippen LogP contribution in [0.5, 0.6) is 0 Å². The van der Waals surface area contributed by atoms with Gasteiger partial charge in [0.05, 0.1) is 63.8 Å². The number of aliphatic hydroxyl groups excluding tert-OH is 5. The van der Waals surface area contributed by atoms with Crippen LogP contribution < -0.4 is 16.4 Å². The maximum atomic E-state index is 14.7. The van der Waals surface area contributed by atoms with Gasteiger partial charge in [-0.05, 0) is 38.5 Å². The zero-order valence-electron chi connectivity index (χ0n) is 67.7. The Balaban J connectivity index is 2.84. The first-order chi connectivity index (χ1) is 53.1. The van der Waals surface area contributed by atoms with Gasteiger partial charge in [0.25, 0.3) is 0 Å². The molecule has 0 aromatic rings. The van der Waals surface area contributed by atoms with Crippen molar-refractivity contribution in [3.8, 4) is 0 Å². The second-order valence-corrected chi connectivity index (χ2v) is 34.2. The molecule has 2 aliphatic rings. The van der Waals surface area contributed by atoms with E-state index >= 15 is 0 Å². The van der Waals surface area contributed by atoms with Gasteiger partial charge in [-0.1, -0.05) is 285 Å². The SMILES string of the molecule is CCCCCCCCCCCC(=O)OC([CH]C(=O)NC1C(OP(=O)(O)OP(=O)(O)OCCN)OC(COC2OC(CO)C(OP(=O)(O)O)C(OC(=O)[CH]C(O)CCCCCCCCC)C2NC(=O)[CH]C(O)CCCCCCCCCCC)C(O)C1OC(=O)CC(O)CCCCCCCCC)CCCCCCCCCCC. The quantitative estimate of drug-likeness (QED) is 0.0116. The predicted molar refractivity (Wildman–Crippen MR) is 420 cm³/mol. The first kappa shape index (κ1) is 104. The molecule has 2 amide bonds. The van der Waals surface area contributed by atoms with Gasteiger partial charge in [0.1, 0.15) is 42.6 Å². The summed E-state index contributed by atoms with van der Waals surface area (Å²) >= 11 is 0. The summed E-state index contributed by atoms with van der Waals surface area (Å²) < 4.78 is 96.2. The maximum Gasteiger partial charge on any atom is 0.483 e. The molecule has 3 radical (unpaired) electrons. The van der Waals surface area contributed by atoms with Crippen molar-refractivity contribution in [3.63, 3.8) is 0 Å². The lowest BCUT2D eigenvalue weighted by molar-refractivity contribution is -0.296. The molecule has 0 aromatic carbocycles. The third-order valence-corrected chi connectivity index (χ3v) is 22.9. The second kappa shape index (κ2) is 63.4. The van der Waals surface area contributed by atoms with Crippen molar-refractivity contribution in [2.45, 2.75) is 422 Å². The van der Waals surface area contributed by atoms with Gasteiger partial charge in [0, 0.05) is 13.0 Å². The highest BCUT2D eigenvalue weighted by molar-refractivity contribution is 7.61. The molecule has 0 saturated carbocycles. The van der Waals surface area contributed by atoms with Crippen LogP contribution in [0.25, 0.3) is 0 Å². The average molecular weight is 1650 g/mol. The molecule has 2 rings (SSSR count). The minimum Gasteiger partial charge on any atom is -0.461 e. The second-order valence-electron chi connectivity index (χ2n) is 30.0. The fourth-order valence-electron chi connectivity index (χ4n) is 13.6. The normalized spacial score (nSPS) is 22.4. The van der Waals surface area contributed by atoms with E-state index in [1.807, 2.05) is 0 Å². The monoisotopic (exact) mass is 1650 g/mol. The molecule has 0 spiro atoms. The number of carbonyl (C=O) groups is 5. The van der Waals surface area contributed by atoms with Crippen molar-refractivity contribution >= 4 is 53.2 Å². The Morgan fingerprint density at radius 2 is 0.883 bits per heavy atom. The van der Waals surface area contributed by atoms with Crippen LogP contribution in [0, 0.1) is 19.3 Å². The van der Waals surface area contributed by atoms with Crippen LogP contribution in [0.3, 0.4) is 0 Å². The Morgan fingerprint density at radius 3 is 1.34 bits per heavy atom. The standard InChI is InChI=1S/C78H147N3O27P3/c1-6-11-16-21-26-29-34-39-42-47-60(83)54-66(86)80-72-76(105-70(90)56-62(85)49-44-38-33-25-20-15-10-5)74(106-109(92,93)94)64(58-82)102-77(72)99-59-65-73(91)75(104-69(89)55-61(84)48-43-37-32-24-19-14-9-4)71(78(103-65)107-111(97,98)108-110(95,96)100-53-52-79)81-67(87)57-63(50-45-40-35-30-27-22-17-12-7-2)101-68(88)51-46-41-36-31-28-23-18-13-8-3/h54,56-57,60-65,71-78,82-85,91H,6-53,55,58-59,79H2,1-5H3,(H,80,86)(H,81,87)(H,95,96)(H,97,98)(H2,92,93,94). The highest BCUT2D eigenvalue weighted by Gasteiger charge is 2.55.